The summed E-state index contributed by atoms with van der Waals surface area (Å²) in [4.78, 5) is 29.4. The molecule has 1 amide bonds. The fourth-order valence-corrected chi connectivity index (χ4v) is 5.01. The molecule has 188 valence electrons. The van der Waals surface area contributed by atoms with Crippen molar-refractivity contribution >= 4 is 33.3 Å². The van der Waals surface area contributed by atoms with Crippen molar-refractivity contribution in [3.63, 3.8) is 0 Å². The van der Waals surface area contributed by atoms with Crippen LogP contribution < -0.4 is 9.73 Å². The highest BCUT2D eigenvalue weighted by atomic mass is 32.2. The monoisotopic (exact) mass is 509 g/mol. The van der Waals surface area contributed by atoms with Gasteiger partial charge in [0.2, 0.25) is 0 Å². The van der Waals surface area contributed by atoms with Crippen molar-refractivity contribution in [2.45, 2.75) is 38.0 Å². The quantitative estimate of drug-likeness (QED) is 0.397. The van der Waals surface area contributed by atoms with Gasteiger partial charge >= 0.3 is 5.97 Å². The van der Waals surface area contributed by atoms with Crippen molar-refractivity contribution in [1.29, 1.82) is 0 Å². The summed E-state index contributed by atoms with van der Waals surface area (Å²) in [6.45, 7) is 3.62. The van der Waals surface area contributed by atoms with Gasteiger partial charge in [0.1, 0.15) is 5.76 Å². The Labute approximate surface area is 209 Å². The van der Waals surface area contributed by atoms with Crippen molar-refractivity contribution in [3.8, 4) is 0 Å². The summed E-state index contributed by atoms with van der Waals surface area (Å²) in [6.07, 6.45) is 1.81. The number of hydrogen-bond donors (Lipinski definition) is 1. The first-order valence-electron chi connectivity index (χ1n) is 11.4. The fraction of sp³-hybridized carbons (Fsp3) is 0.269. The van der Waals surface area contributed by atoms with E-state index in [1.165, 1.54) is 24.1 Å². The minimum atomic E-state index is -3.85. The van der Waals surface area contributed by atoms with Crippen molar-refractivity contribution in [2.75, 3.05) is 19.1 Å². The minimum absolute atomic E-state index is 0.109. The summed E-state index contributed by atoms with van der Waals surface area (Å²) in [5, 5.41) is 4.21. The molecular formula is C26H27N3O6S. The molecule has 0 fully saturated rings. The van der Waals surface area contributed by atoms with Gasteiger partial charge in [0.05, 0.1) is 29.0 Å². The Kier molecular flexibility index (Phi) is 6.98. The summed E-state index contributed by atoms with van der Waals surface area (Å²) < 4.78 is 36.2. The molecule has 3 aromatic rings. The molecule has 0 aliphatic heterocycles. The van der Waals surface area contributed by atoms with Crippen LogP contribution in [0.3, 0.4) is 0 Å². The average Bonchev–Trinajstić information content (AvgIpc) is 3.23. The highest BCUT2D eigenvalue weighted by Crippen LogP contribution is 2.32. The van der Waals surface area contributed by atoms with Gasteiger partial charge in [0.25, 0.3) is 15.9 Å². The van der Waals surface area contributed by atoms with E-state index in [1.807, 2.05) is 6.92 Å². The first kappa shape index (κ1) is 25.2. The number of furan rings is 1. The largest absolute Gasteiger partial charge is 0.465 e. The van der Waals surface area contributed by atoms with Crippen LogP contribution in [0.1, 0.15) is 56.2 Å². The third kappa shape index (κ3) is 4.76. The Morgan fingerprint density at radius 2 is 1.75 bits per heavy atom. The van der Waals surface area contributed by atoms with Gasteiger partial charge in [-0.25, -0.2) is 4.79 Å². The minimum Gasteiger partial charge on any atom is -0.465 e. The predicted molar refractivity (Wildman–Crippen MR) is 135 cm³/mol. The molecule has 0 spiro atoms. The van der Waals surface area contributed by atoms with Crippen LogP contribution in [0.15, 0.2) is 62.9 Å². The molecule has 4 rings (SSSR count). The van der Waals surface area contributed by atoms with E-state index in [-0.39, 0.29) is 16.2 Å². The number of rotatable bonds is 6. The second-order valence-electron chi connectivity index (χ2n) is 8.55. The van der Waals surface area contributed by atoms with Gasteiger partial charge in [-0.15, -0.1) is 0 Å². The van der Waals surface area contributed by atoms with Gasteiger partial charge in [-0.3, -0.25) is 4.79 Å². The van der Waals surface area contributed by atoms with Crippen LogP contribution in [0, 0.1) is 13.8 Å². The zero-order valence-electron chi connectivity index (χ0n) is 20.5. The summed E-state index contributed by atoms with van der Waals surface area (Å²) in [5.41, 5.74) is 3.27. The average molecular weight is 510 g/mol. The highest BCUT2D eigenvalue weighted by molar-refractivity contribution is 7.89. The molecule has 0 radical (unpaired) electrons. The Bertz CT molecular complexity index is 1460. The van der Waals surface area contributed by atoms with Gasteiger partial charge in [-0.1, -0.05) is 29.8 Å². The smallest absolute Gasteiger partial charge is 0.339 e. The van der Waals surface area contributed by atoms with Crippen LogP contribution in [0.25, 0.3) is 0 Å². The third-order valence-corrected chi connectivity index (χ3v) is 7.35. The summed E-state index contributed by atoms with van der Waals surface area (Å²) in [6, 6.07) is 13.1. The van der Waals surface area contributed by atoms with Crippen LogP contribution in [0.4, 0.5) is 5.69 Å². The van der Waals surface area contributed by atoms with E-state index in [9.17, 15) is 18.0 Å². The van der Waals surface area contributed by atoms with E-state index >= 15 is 0 Å². The van der Waals surface area contributed by atoms with Crippen LogP contribution >= 0.6 is 0 Å². The van der Waals surface area contributed by atoms with E-state index < -0.39 is 21.9 Å². The molecule has 36 heavy (non-hydrogen) atoms. The lowest BCUT2D eigenvalue weighted by Gasteiger charge is -2.19. The molecule has 0 unspecified atom stereocenters. The molecule has 9 nitrogen and oxygen atoms in total. The number of para-hydroxylation sites is 1. The SMILES string of the molecule is COC(=O)c1ccccc1N(C)C(=O)c1oc2c(c1C)/C(=N/NS(=O)(=O)c1ccc(C)cc1)CCC2. The topological polar surface area (TPSA) is 118 Å². The van der Waals surface area contributed by atoms with Crippen molar-refractivity contribution in [2.24, 2.45) is 5.10 Å². The zero-order valence-corrected chi connectivity index (χ0v) is 21.3. The summed E-state index contributed by atoms with van der Waals surface area (Å²) in [5.74, 6) is -0.322. The number of aryl methyl sites for hydroxylation is 2. The van der Waals surface area contributed by atoms with Crippen LogP contribution in [0.2, 0.25) is 0 Å². The maximum absolute atomic E-state index is 13.4. The van der Waals surface area contributed by atoms with Gasteiger partial charge in [0.15, 0.2) is 5.76 Å². The number of benzene rings is 2. The molecule has 0 bridgehead atoms. The highest BCUT2D eigenvalue weighted by Gasteiger charge is 2.31. The number of esters is 1. The Balaban J connectivity index is 1.65. The number of nitrogens with one attached hydrogen (secondary N) is 1. The van der Waals surface area contributed by atoms with E-state index in [0.717, 1.165) is 5.56 Å². The maximum atomic E-state index is 13.4. The molecule has 0 saturated carbocycles. The van der Waals surface area contributed by atoms with Gasteiger partial charge in [-0.2, -0.15) is 18.4 Å². The molecule has 10 heteroatoms. The Hall–Kier alpha value is -3.92. The maximum Gasteiger partial charge on any atom is 0.339 e. The van der Waals surface area contributed by atoms with Gasteiger partial charge < -0.3 is 14.1 Å². The van der Waals surface area contributed by atoms with Crippen molar-refractivity contribution in [1.82, 2.24) is 4.83 Å². The van der Waals surface area contributed by atoms with Gasteiger partial charge in [-0.05, 0) is 51.0 Å². The van der Waals surface area contributed by atoms with E-state index in [4.69, 9.17) is 9.15 Å². The first-order chi connectivity index (χ1) is 17.1. The van der Waals surface area contributed by atoms with E-state index in [1.54, 1.807) is 50.4 Å². The number of sulfonamides is 1. The first-order valence-corrected chi connectivity index (χ1v) is 12.9. The number of hydrogen-bond acceptors (Lipinski definition) is 7. The second-order valence-corrected chi connectivity index (χ2v) is 10.2. The second kappa shape index (κ2) is 9.98. The van der Waals surface area contributed by atoms with Crippen molar-refractivity contribution in [3.05, 3.63) is 82.3 Å². The lowest BCUT2D eigenvalue weighted by molar-refractivity contribution is 0.0601. The molecular weight excluding hydrogens is 482 g/mol. The Morgan fingerprint density at radius 1 is 1.06 bits per heavy atom. The van der Waals surface area contributed by atoms with Gasteiger partial charge in [0, 0.05) is 24.6 Å². The number of fused-ring (bicyclic) bond motifs is 1. The van der Waals surface area contributed by atoms with Crippen molar-refractivity contribution < 1.29 is 27.2 Å². The molecule has 0 saturated heterocycles. The Morgan fingerprint density at radius 3 is 2.44 bits per heavy atom. The molecule has 1 aliphatic carbocycles. The number of carbonyl (C=O) groups excluding carboxylic acids is 2. The standard InChI is InChI=1S/C26H27N3O6S/c1-16-12-14-18(15-13-16)36(32,33)28-27-20-9-7-11-22-23(20)17(2)24(35-22)25(30)29(3)21-10-6-5-8-19(21)26(31)34-4/h5-6,8,10,12-15,28H,7,9,11H2,1-4H3/b27-20+. The van der Waals surface area contributed by atoms with Crippen LogP contribution in [-0.4, -0.2) is 40.2 Å². The molecule has 1 heterocycles. The molecule has 1 aromatic heterocycles. The zero-order chi connectivity index (χ0) is 26.0. The summed E-state index contributed by atoms with van der Waals surface area (Å²) >= 11 is 0. The normalized spacial score (nSPS) is 14.3. The number of hydrazone groups is 1. The molecule has 2 aromatic carbocycles. The number of ether oxygens (including phenoxy) is 1. The third-order valence-electron chi connectivity index (χ3n) is 6.13. The predicted octanol–water partition coefficient (Wildman–Crippen LogP) is 3.98. The van der Waals surface area contributed by atoms with E-state index in [2.05, 4.69) is 9.93 Å². The van der Waals surface area contributed by atoms with Crippen LogP contribution in [-0.2, 0) is 21.2 Å². The lowest BCUT2D eigenvalue weighted by Crippen LogP contribution is -2.28. The number of methoxy groups -OCH3 is 1. The number of nitrogens with zero attached hydrogens (tertiary/aromatic N) is 2. The van der Waals surface area contributed by atoms with Crippen LogP contribution in [0.5, 0.6) is 0 Å². The molecule has 0 atom stereocenters. The molecule has 1 N–H and O–H groups in total. The number of amides is 1. The molecule has 1 aliphatic rings. The van der Waals surface area contributed by atoms with E-state index in [0.29, 0.717) is 47.5 Å². The number of carbonyl (C=O) groups is 2. The number of anilines is 1. The fourth-order valence-electron chi connectivity index (χ4n) is 4.18. The lowest BCUT2D eigenvalue weighted by atomic mass is 9.93. The summed E-state index contributed by atoms with van der Waals surface area (Å²) in [7, 11) is -1.02.